The number of aromatic nitrogens is 6. The molecule has 11 nitrogen and oxygen atoms in total. The van der Waals surface area contributed by atoms with E-state index in [4.69, 9.17) is 9.47 Å². The predicted octanol–water partition coefficient (Wildman–Crippen LogP) is 3.89. The summed E-state index contributed by atoms with van der Waals surface area (Å²) in [5, 5.41) is 18.0. The normalized spacial score (nSPS) is 13.7. The average molecular weight is 581 g/mol. The van der Waals surface area contributed by atoms with Crippen LogP contribution in [0.3, 0.4) is 0 Å². The molecule has 0 aliphatic heterocycles. The molecule has 218 valence electrons. The molecule has 0 aliphatic carbocycles. The molecule has 0 fully saturated rings. The number of aliphatic hydroxyl groups is 1. The van der Waals surface area contributed by atoms with E-state index in [1.54, 1.807) is 63.3 Å². The van der Waals surface area contributed by atoms with E-state index in [2.05, 4.69) is 25.1 Å². The fourth-order valence-electron chi connectivity index (χ4n) is 4.36. The summed E-state index contributed by atoms with van der Waals surface area (Å²) in [5.41, 5.74) is 2.71. The van der Waals surface area contributed by atoms with E-state index in [0.29, 0.717) is 22.8 Å². The second-order valence-electron chi connectivity index (χ2n) is 10.8. The lowest BCUT2D eigenvalue weighted by Crippen LogP contribution is -2.34. The van der Waals surface area contributed by atoms with Crippen molar-refractivity contribution in [2.75, 3.05) is 13.7 Å². The van der Waals surface area contributed by atoms with Gasteiger partial charge in [-0.1, -0.05) is 12.1 Å². The molecule has 0 saturated carbocycles. The molecule has 12 heteroatoms. The van der Waals surface area contributed by atoms with E-state index in [1.165, 1.54) is 0 Å². The second-order valence-corrected chi connectivity index (χ2v) is 13.2. The molecule has 4 rings (SSSR count). The summed E-state index contributed by atoms with van der Waals surface area (Å²) in [6.45, 7) is 10.3. The summed E-state index contributed by atoms with van der Waals surface area (Å²) in [4.78, 5) is 13.0. The molecule has 1 aromatic carbocycles. The molecule has 3 heterocycles. The molecule has 0 unspecified atom stereocenters. The van der Waals surface area contributed by atoms with Crippen molar-refractivity contribution in [3.63, 3.8) is 0 Å². The largest absolute Gasteiger partial charge is 0.495 e. The lowest BCUT2D eigenvalue weighted by atomic mass is 10.1. The Labute approximate surface area is 240 Å². The van der Waals surface area contributed by atoms with Crippen molar-refractivity contribution in [3.05, 3.63) is 77.4 Å². The van der Waals surface area contributed by atoms with E-state index >= 15 is 0 Å². The Balaban J connectivity index is 1.81. The van der Waals surface area contributed by atoms with Gasteiger partial charge in [-0.2, -0.15) is 0 Å². The summed E-state index contributed by atoms with van der Waals surface area (Å²) in [6, 6.07) is 7.48. The fourth-order valence-corrected chi connectivity index (χ4v) is 5.74. The minimum absolute atomic E-state index is 0.115. The van der Waals surface area contributed by atoms with Gasteiger partial charge >= 0.3 is 0 Å². The molecule has 0 spiro atoms. The lowest BCUT2D eigenvalue weighted by Gasteiger charge is -2.26. The molecular formula is C29H36N6O5S. The SMILES string of the molecule is COc1cccc(C)c1-n1c(CS(=O)(=O)[C@H](C)[C@H](OCC(C)(C)O)c2ncc(C)cn2)nnc1-c1cncc(C)c1. The summed E-state index contributed by atoms with van der Waals surface area (Å²) in [5.74, 6) is 0.934. The Hall–Kier alpha value is -3.74. The third-order valence-electron chi connectivity index (χ3n) is 6.50. The van der Waals surface area contributed by atoms with Gasteiger partial charge in [-0.15, -0.1) is 10.2 Å². The van der Waals surface area contributed by atoms with E-state index in [1.807, 2.05) is 39.0 Å². The monoisotopic (exact) mass is 580 g/mol. The zero-order valence-corrected chi connectivity index (χ0v) is 25.2. The number of sulfone groups is 1. The molecule has 3 aromatic heterocycles. The fraction of sp³-hybridized carbons (Fsp3) is 0.414. The number of nitrogens with zero attached hydrogens (tertiary/aromatic N) is 6. The number of pyridine rings is 1. The number of hydrogen-bond acceptors (Lipinski definition) is 10. The van der Waals surface area contributed by atoms with Gasteiger partial charge in [-0.25, -0.2) is 18.4 Å². The molecule has 0 amide bonds. The minimum atomic E-state index is -3.94. The molecule has 4 aromatic rings. The Morgan fingerprint density at radius 1 is 1.02 bits per heavy atom. The van der Waals surface area contributed by atoms with Crippen LogP contribution in [0.4, 0.5) is 0 Å². The first-order chi connectivity index (χ1) is 19.3. The first-order valence-corrected chi connectivity index (χ1v) is 14.9. The van der Waals surface area contributed by atoms with Crippen LogP contribution >= 0.6 is 0 Å². The molecule has 0 aliphatic rings. The van der Waals surface area contributed by atoms with Gasteiger partial charge in [0.1, 0.15) is 17.6 Å². The van der Waals surface area contributed by atoms with Crippen LogP contribution in [-0.4, -0.2) is 67.8 Å². The van der Waals surface area contributed by atoms with E-state index in [0.717, 1.165) is 16.7 Å². The summed E-state index contributed by atoms with van der Waals surface area (Å²) < 4.78 is 41.3. The van der Waals surface area contributed by atoms with Crippen molar-refractivity contribution in [3.8, 4) is 22.8 Å². The van der Waals surface area contributed by atoms with Crippen molar-refractivity contribution in [2.24, 2.45) is 0 Å². The number of rotatable bonds is 11. The number of para-hydroxylation sites is 1. The molecule has 0 radical (unpaired) electrons. The van der Waals surface area contributed by atoms with Gasteiger partial charge in [-0.05, 0) is 70.4 Å². The summed E-state index contributed by atoms with van der Waals surface area (Å²) >= 11 is 0. The standard InChI is InChI=1S/C29H36N6O5S/c1-18-11-22(15-30-12-18)28-34-33-24(35(28)25-20(3)9-8-10-23(25)39-7)16-41(37,38)21(4)26(40-17-29(5,6)36)27-31-13-19(2)14-32-27/h8-15,21,26,36H,16-17H2,1-7H3/t21-,26+/m1/s1. The van der Waals surface area contributed by atoms with E-state index < -0.39 is 32.5 Å². The smallest absolute Gasteiger partial charge is 0.170 e. The maximum atomic E-state index is 14.0. The van der Waals surface area contributed by atoms with Crippen LogP contribution in [0.1, 0.15) is 55.2 Å². The van der Waals surface area contributed by atoms with Crippen LogP contribution in [-0.2, 0) is 20.3 Å². The number of methoxy groups -OCH3 is 1. The highest BCUT2D eigenvalue weighted by Gasteiger charge is 2.36. The van der Waals surface area contributed by atoms with Crippen LogP contribution < -0.4 is 4.74 Å². The van der Waals surface area contributed by atoms with Gasteiger partial charge in [0.2, 0.25) is 0 Å². The number of hydrogen-bond donors (Lipinski definition) is 1. The summed E-state index contributed by atoms with van der Waals surface area (Å²) in [7, 11) is -2.39. The Kier molecular flexibility index (Phi) is 8.86. The molecule has 0 bridgehead atoms. The highest BCUT2D eigenvalue weighted by Crippen LogP contribution is 2.34. The maximum Gasteiger partial charge on any atom is 0.170 e. The van der Waals surface area contributed by atoms with Crippen LogP contribution in [0.15, 0.2) is 49.1 Å². The van der Waals surface area contributed by atoms with E-state index in [9.17, 15) is 13.5 Å². The molecule has 1 N–H and O–H groups in total. The van der Waals surface area contributed by atoms with Gasteiger partial charge in [0.25, 0.3) is 0 Å². The van der Waals surface area contributed by atoms with Crippen LogP contribution in [0.2, 0.25) is 0 Å². The van der Waals surface area contributed by atoms with Crippen molar-refractivity contribution >= 4 is 9.84 Å². The van der Waals surface area contributed by atoms with Gasteiger partial charge in [0, 0.05) is 30.4 Å². The van der Waals surface area contributed by atoms with Crippen molar-refractivity contribution in [1.29, 1.82) is 0 Å². The van der Waals surface area contributed by atoms with Crippen molar-refractivity contribution in [2.45, 2.75) is 64.3 Å². The Bertz CT molecular complexity index is 1610. The quantitative estimate of drug-likeness (QED) is 0.278. The number of aryl methyl sites for hydroxylation is 3. The molecule has 2 atom stereocenters. The highest BCUT2D eigenvalue weighted by atomic mass is 32.2. The van der Waals surface area contributed by atoms with Gasteiger partial charge in [0.15, 0.2) is 27.3 Å². The van der Waals surface area contributed by atoms with Crippen molar-refractivity contribution < 1.29 is 23.0 Å². The molecule has 0 saturated heterocycles. The Morgan fingerprint density at radius 2 is 1.73 bits per heavy atom. The third kappa shape index (κ3) is 6.95. The topological polar surface area (TPSA) is 142 Å². The second kappa shape index (κ2) is 12.0. The number of benzene rings is 1. The third-order valence-corrected chi connectivity index (χ3v) is 8.54. The maximum absolute atomic E-state index is 14.0. The van der Waals surface area contributed by atoms with Crippen LogP contribution in [0, 0.1) is 20.8 Å². The van der Waals surface area contributed by atoms with Crippen LogP contribution in [0.25, 0.3) is 17.1 Å². The Morgan fingerprint density at radius 3 is 2.37 bits per heavy atom. The minimum Gasteiger partial charge on any atom is -0.495 e. The highest BCUT2D eigenvalue weighted by molar-refractivity contribution is 7.91. The number of ether oxygens (including phenoxy) is 2. The first kappa shape index (κ1) is 30.2. The summed E-state index contributed by atoms with van der Waals surface area (Å²) in [6.07, 6.45) is 5.56. The molecule has 41 heavy (non-hydrogen) atoms. The average Bonchev–Trinajstić information content (AvgIpc) is 3.31. The van der Waals surface area contributed by atoms with Crippen LogP contribution in [0.5, 0.6) is 5.75 Å². The lowest BCUT2D eigenvalue weighted by molar-refractivity contribution is -0.0565. The van der Waals surface area contributed by atoms with Gasteiger partial charge in [0.05, 0.1) is 30.3 Å². The van der Waals surface area contributed by atoms with E-state index in [-0.39, 0.29) is 18.3 Å². The van der Waals surface area contributed by atoms with Crippen molar-refractivity contribution in [1.82, 2.24) is 29.7 Å². The zero-order valence-electron chi connectivity index (χ0n) is 24.4. The first-order valence-electron chi connectivity index (χ1n) is 13.1. The zero-order chi connectivity index (χ0) is 29.9. The van der Waals surface area contributed by atoms with Gasteiger partial charge < -0.3 is 14.6 Å². The predicted molar refractivity (Wildman–Crippen MR) is 154 cm³/mol. The molecular weight excluding hydrogens is 544 g/mol. The van der Waals surface area contributed by atoms with Gasteiger partial charge in [-0.3, -0.25) is 9.55 Å².